The molecule has 1 atom stereocenters. The number of hydrogen-bond donors (Lipinski definition) is 1. The molecule has 0 aromatic rings. The lowest BCUT2D eigenvalue weighted by molar-refractivity contribution is -0.192. The second-order valence-corrected chi connectivity index (χ2v) is 6.41. The van der Waals surface area contributed by atoms with Crippen LogP contribution in [0.3, 0.4) is 0 Å². The number of hydrogen-bond acceptors (Lipinski definition) is 7. The maximum Gasteiger partial charge on any atom is 0.525 e. The first-order chi connectivity index (χ1) is 11.0. The molecule has 3 fully saturated rings. The van der Waals surface area contributed by atoms with E-state index in [9.17, 15) is 14.4 Å². The standard InChI is InChI=1S/C15H22N2O6/c1-2-22-16-6-3-10(4-7-16)11-5-8-17(23-14(20)21)15(9-11)12(18)13(15)19/h10-11H,2-9H2,1H3,(H,20,21). The first-order valence-corrected chi connectivity index (χ1v) is 8.14. The van der Waals surface area contributed by atoms with Gasteiger partial charge in [-0.3, -0.25) is 14.4 Å². The number of carbonyl (C=O) groups is 3. The summed E-state index contributed by atoms with van der Waals surface area (Å²) in [5.74, 6) is -0.370. The minimum atomic E-state index is -1.49. The second-order valence-electron chi connectivity index (χ2n) is 6.41. The predicted octanol–water partition coefficient (Wildman–Crippen LogP) is 0.862. The Morgan fingerprint density at radius 2 is 1.78 bits per heavy atom. The molecular weight excluding hydrogens is 304 g/mol. The normalized spacial score (nSPS) is 29.0. The summed E-state index contributed by atoms with van der Waals surface area (Å²) < 4.78 is 0. The minimum absolute atomic E-state index is 0.239. The van der Waals surface area contributed by atoms with Crippen molar-refractivity contribution in [1.82, 2.24) is 10.1 Å². The van der Waals surface area contributed by atoms with Crippen LogP contribution in [0.1, 0.15) is 32.6 Å². The van der Waals surface area contributed by atoms with Crippen molar-refractivity contribution in [3.63, 3.8) is 0 Å². The molecule has 0 radical (unpaired) electrons. The van der Waals surface area contributed by atoms with E-state index in [2.05, 4.69) is 4.84 Å². The van der Waals surface area contributed by atoms with Crippen molar-refractivity contribution in [2.45, 2.75) is 38.1 Å². The quantitative estimate of drug-likeness (QED) is 0.600. The van der Waals surface area contributed by atoms with E-state index >= 15 is 0 Å². The molecule has 8 nitrogen and oxygen atoms in total. The Labute approximate surface area is 134 Å². The summed E-state index contributed by atoms with van der Waals surface area (Å²) in [6.07, 6.45) is 1.54. The molecule has 3 rings (SSSR count). The van der Waals surface area contributed by atoms with Crippen molar-refractivity contribution in [3.05, 3.63) is 0 Å². The highest BCUT2D eigenvalue weighted by Crippen LogP contribution is 2.47. The molecule has 1 aliphatic carbocycles. The smallest absolute Gasteiger partial charge is 0.448 e. The van der Waals surface area contributed by atoms with Crippen LogP contribution >= 0.6 is 0 Å². The average Bonchev–Trinajstić information content (AvgIpc) is 3.03. The Hall–Kier alpha value is -1.51. The number of carboxylic acid groups (broad SMARTS) is 1. The van der Waals surface area contributed by atoms with E-state index in [1.165, 1.54) is 0 Å². The van der Waals surface area contributed by atoms with Gasteiger partial charge >= 0.3 is 6.16 Å². The molecule has 0 amide bonds. The largest absolute Gasteiger partial charge is 0.525 e. The second kappa shape index (κ2) is 6.18. The van der Waals surface area contributed by atoms with Crippen LogP contribution in [0, 0.1) is 11.8 Å². The van der Waals surface area contributed by atoms with Gasteiger partial charge in [0.05, 0.1) is 6.61 Å². The summed E-state index contributed by atoms with van der Waals surface area (Å²) in [5.41, 5.74) is -1.33. The number of piperidine rings is 2. The molecular formula is C15H22N2O6. The predicted molar refractivity (Wildman–Crippen MR) is 77.2 cm³/mol. The highest BCUT2D eigenvalue weighted by molar-refractivity contribution is 6.66. The van der Waals surface area contributed by atoms with Crippen LogP contribution in [0.15, 0.2) is 0 Å². The van der Waals surface area contributed by atoms with Gasteiger partial charge in [-0.05, 0) is 44.4 Å². The molecule has 2 saturated heterocycles. The Morgan fingerprint density at radius 1 is 1.17 bits per heavy atom. The Bertz CT molecular complexity index is 500. The monoisotopic (exact) mass is 326 g/mol. The molecule has 3 aliphatic rings. The molecule has 1 unspecified atom stereocenters. The number of Topliss-reactive ketones (excluding diaryl/α,β-unsaturated/α-hetero) is 2. The SMILES string of the molecule is CCON1CCC(C2CCN(OC(=O)O)C3(C2)C(=O)C3=O)CC1. The Morgan fingerprint density at radius 3 is 2.30 bits per heavy atom. The number of rotatable bonds is 4. The van der Waals surface area contributed by atoms with E-state index in [-0.39, 0.29) is 5.92 Å². The number of hydroxylamine groups is 4. The van der Waals surface area contributed by atoms with Crippen LogP contribution in [0.2, 0.25) is 0 Å². The van der Waals surface area contributed by atoms with E-state index < -0.39 is 23.3 Å². The molecule has 1 N–H and O–H groups in total. The van der Waals surface area contributed by atoms with Gasteiger partial charge in [0.15, 0.2) is 5.54 Å². The molecule has 1 spiro atoms. The Balaban J connectivity index is 1.63. The zero-order valence-electron chi connectivity index (χ0n) is 13.2. The summed E-state index contributed by atoms with van der Waals surface area (Å²) in [4.78, 5) is 44.7. The van der Waals surface area contributed by atoms with Crippen LogP contribution < -0.4 is 0 Å². The molecule has 128 valence electrons. The lowest BCUT2D eigenvalue weighted by Crippen LogP contribution is -2.50. The van der Waals surface area contributed by atoms with Gasteiger partial charge in [-0.1, -0.05) is 0 Å². The van der Waals surface area contributed by atoms with E-state index in [1.54, 1.807) is 0 Å². The molecule has 2 aliphatic heterocycles. The summed E-state index contributed by atoms with van der Waals surface area (Å²) in [6, 6.07) is 0. The fourth-order valence-corrected chi connectivity index (χ4v) is 4.01. The molecule has 8 heteroatoms. The van der Waals surface area contributed by atoms with Crippen LogP contribution in [0.25, 0.3) is 0 Å². The van der Waals surface area contributed by atoms with Crippen LogP contribution in [0.5, 0.6) is 0 Å². The topological polar surface area (TPSA) is 96.4 Å². The van der Waals surface area contributed by atoms with E-state index in [4.69, 9.17) is 9.94 Å². The summed E-state index contributed by atoms with van der Waals surface area (Å²) in [7, 11) is 0. The third-order valence-corrected chi connectivity index (χ3v) is 5.25. The van der Waals surface area contributed by atoms with Crippen LogP contribution in [0.4, 0.5) is 4.79 Å². The van der Waals surface area contributed by atoms with Crippen molar-refractivity contribution in [2.75, 3.05) is 26.2 Å². The van der Waals surface area contributed by atoms with Gasteiger partial charge in [-0.25, -0.2) is 4.79 Å². The average molecular weight is 326 g/mol. The van der Waals surface area contributed by atoms with Gasteiger partial charge in [0, 0.05) is 19.6 Å². The lowest BCUT2D eigenvalue weighted by Gasteiger charge is -2.41. The minimum Gasteiger partial charge on any atom is -0.448 e. The number of ketones is 2. The molecule has 0 aromatic carbocycles. The van der Waals surface area contributed by atoms with E-state index in [1.807, 2.05) is 12.0 Å². The summed E-state index contributed by atoms with van der Waals surface area (Å²) in [6.45, 7) is 4.60. The van der Waals surface area contributed by atoms with Crippen molar-refractivity contribution < 1.29 is 29.2 Å². The molecule has 0 bridgehead atoms. The van der Waals surface area contributed by atoms with Gasteiger partial charge in [0.1, 0.15) is 0 Å². The van der Waals surface area contributed by atoms with E-state index in [0.717, 1.165) is 37.4 Å². The highest BCUT2D eigenvalue weighted by atomic mass is 16.8. The maximum absolute atomic E-state index is 11.9. The van der Waals surface area contributed by atoms with Gasteiger partial charge in [0.2, 0.25) is 11.6 Å². The molecule has 1 saturated carbocycles. The van der Waals surface area contributed by atoms with Gasteiger partial charge in [0.25, 0.3) is 0 Å². The third-order valence-electron chi connectivity index (χ3n) is 5.25. The zero-order chi connectivity index (χ0) is 16.6. The fourth-order valence-electron chi connectivity index (χ4n) is 4.01. The first kappa shape index (κ1) is 16.4. The maximum atomic E-state index is 11.9. The molecule has 23 heavy (non-hydrogen) atoms. The van der Waals surface area contributed by atoms with Gasteiger partial charge < -0.3 is 9.94 Å². The summed E-state index contributed by atoms with van der Waals surface area (Å²) >= 11 is 0. The number of carbonyl (C=O) groups excluding carboxylic acids is 2. The molecule has 2 heterocycles. The van der Waals surface area contributed by atoms with Gasteiger partial charge in [-0.2, -0.15) is 5.06 Å². The third kappa shape index (κ3) is 2.86. The lowest BCUT2D eigenvalue weighted by atomic mass is 9.76. The zero-order valence-corrected chi connectivity index (χ0v) is 13.2. The van der Waals surface area contributed by atoms with Gasteiger partial charge in [-0.15, -0.1) is 5.06 Å². The van der Waals surface area contributed by atoms with Crippen molar-refractivity contribution in [1.29, 1.82) is 0 Å². The Kier molecular flexibility index (Phi) is 4.39. The summed E-state index contributed by atoms with van der Waals surface area (Å²) in [5, 5.41) is 11.8. The van der Waals surface area contributed by atoms with E-state index in [0.29, 0.717) is 25.5 Å². The number of nitrogens with zero attached hydrogens (tertiary/aromatic N) is 2. The van der Waals surface area contributed by atoms with Crippen molar-refractivity contribution in [2.24, 2.45) is 11.8 Å². The molecule has 0 aromatic heterocycles. The van der Waals surface area contributed by atoms with Crippen LogP contribution in [-0.4, -0.2) is 64.7 Å². The highest BCUT2D eigenvalue weighted by Gasteiger charge is 2.72. The van der Waals surface area contributed by atoms with Crippen molar-refractivity contribution >= 4 is 17.7 Å². The first-order valence-electron chi connectivity index (χ1n) is 8.14. The fraction of sp³-hybridized carbons (Fsp3) is 0.800. The van der Waals surface area contributed by atoms with Crippen LogP contribution in [-0.2, 0) is 19.3 Å². The van der Waals surface area contributed by atoms with Crippen molar-refractivity contribution in [3.8, 4) is 0 Å².